The van der Waals surface area contributed by atoms with Gasteiger partial charge in [-0.15, -0.1) is 0 Å². The van der Waals surface area contributed by atoms with Crippen LogP contribution in [0.5, 0.6) is 11.5 Å². The molecule has 2 rings (SSSR count). The lowest BCUT2D eigenvalue weighted by atomic mass is 10.1. The molecule has 0 atom stereocenters. The third-order valence-electron chi connectivity index (χ3n) is 3.75. The van der Waals surface area contributed by atoms with E-state index in [9.17, 15) is 0 Å². The number of ether oxygens (including phenoxy) is 3. The normalized spacial score (nSPS) is 11.0. The van der Waals surface area contributed by atoms with E-state index in [-0.39, 0.29) is 0 Å². The molecule has 0 saturated carbocycles. The topological polar surface area (TPSA) is 64.1 Å². The molecule has 6 nitrogen and oxygen atoms in total. The molecule has 0 aliphatic heterocycles. The molecule has 144 valence electrons. The Morgan fingerprint density at radius 3 is 2.48 bits per heavy atom. The van der Waals surface area contributed by atoms with E-state index < -0.39 is 0 Å². The van der Waals surface area contributed by atoms with E-state index in [4.69, 9.17) is 26.4 Å². The van der Waals surface area contributed by atoms with Crippen molar-refractivity contribution in [3.05, 3.63) is 53.6 Å². The maximum Gasteiger partial charge on any atom is 0.191 e. The van der Waals surface area contributed by atoms with Gasteiger partial charge >= 0.3 is 0 Å². The lowest BCUT2D eigenvalue weighted by Crippen LogP contribution is -2.25. The van der Waals surface area contributed by atoms with Crippen molar-refractivity contribution in [1.82, 2.24) is 5.43 Å². The molecule has 0 saturated heterocycles. The Bertz CT molecular complexity index is 792. The van der Waals surface area contributed by atoms with Gasteiger partial charge in [0.15, 0.2) is 5.11 Å². The number of rotatable bonds is 8. The lowest BCUT2D eigenvalue weighted by Gasteiger charge is -2.11. The first kappa shape index (κ1) is 20.7. The van der Waals surface area contributed by atoms with Crippen LogP contribution in [0.2, 0.25) is 0 Å². The van der Waals surface area contributed by atoms with E-state index in [1.165, 1.54) is 0 Å². The molecule has 2 N–H and O–H groups in total. The number of nitrogens with zero attached hydrogens (tertiary/aromatic N) is 1. The zero-order valence-corrected chi connectivity index (χ0v) is 16.9. The first-order valence-corrected chi connectivity index (χ1v) is 8.98. The van der Waals surface area contributed by atoms with Crippen LogP contribution in [0.1, 0.15) is 25.0 Å². The molecule has 0 bridgehead atoms. The summed E-state index contributed by atoms with van der Waals surface area (Å²) in [5, 5.41) is 7.84. The van der Waals surface area contributed by atoms with Crippen LogP contribution >= 0.6 is 12.2 Å². The van der Waals surface area contributed by atoms with Crippen LogP contribution in [0, 0.1) is 0 Å². The summed E-state index contributed by atoms with van der Waals surface area (Å²) in [7, 11) is 3.29. The first-order chi connectivity index (χ1) is 13.1. The minimum atomic E-state index is 0.407. The summed E-state index contributed by atoms with van der Waals surface area (Å²) in [4.78, 5) is 0. The molecule has 0 spiro atoms. The monoisotopic (exact) mass is 387 g/mol. The SMILES string of the molecule is CCOc1ccc(NC(=S)N/N=C(/C)c2ccc(OC)c(COC)c2)cc1. The number of hydrazone groups is 1. The number of hydrogen-bond donors (Lipinski definition) is 2. The average Bonchev–Trinajstić information content (AvgIpc) is 2.68. The van der Waals surface area contributed by atoms with E-state index in [1.807, 2.05) is 56.3 Å². The number of methoxy groups -OCH3 is 2. The largest absolute Gasteiger partial charge is 0.496 e. The van der Waals surface area contributed by atoms with Crippen molar-refractivity contribution in [2.24, 2.45) is 5.10 Å². The van der Waals surface area contributed by atoms with Gasteiger partial charge in [0.25, 0.3) is 0 Å². The molecule has 0 unspecified atom stereocenters. The summed E-state index contributed by atoms with van der Waals surface area (Å²) >= 11 is 5.29. The highest BCUT2D eigenvalue weighted by molar-refractivity contribution is 7.80. The van der Waals surface area contributed by atoms with Gasteiger partial charge in [0.1, 0.15) is 11.5 Å². The zero-order chi connectivity index (χ0) is 19.6. The fourth-order valence-corrected chi connectivity index (χ4v) is 2.59. The van der Waals surface area contributed by atoms with Gasteiger partial charge in [-0.2, -0.15) is 5.10 Å². The average molecular weight is 388 g/mol. The van der Waals surface area contributed by atoms with Crippen molar-refractivity contribution in [3.8, 4) is 11.5 Å². The third kappa shape index (κ3) is 6.23. The van der Waals surface area contributed by atoms with Crippen molar-refractivity contribution in [3.63, 3.8) is 0 Å². The second-order valence-electron chi connectivity index (χ2n) is 5.68. The van der Waals surface area contributed by atoms with Gasteiger partial charge in [-0.25, -0.2) is 0 Å². The molecule has 27 heavy (non-hydrogen) atoms. The van der Waals surface area contributed by atoms with Crippen LogP contribution in [0.3, 0.4) is 0 Å². The molecular formula is C20H25N3O3S. The minimum Gasteiger partial charge on any atom is -0.496 e. The van der Waals surface area contributed by atoms with Gasteiger partial charge in [-0.05, 0) is 74.1 Å². The van der Waals surface area contributed by atoms with Crippen molar-refractivity contribution < 1.29 is 14.2 Å². The Kier molecular flexibility index (Phi) is 8.03. The number of hydrogen-bond acceptors (Lipinski definition) is 5. The fourth-order valence-electron chi connectivity index (χ4n) is 2.43. The smallest absolute Gasteiger partial charge is 0.191 e. The molecule has 2 aromatic rings. The summed E-state index contributed by atoms with van der Waals surface area (Å²) in [5.41, 5.74) is 6.44. The summed E-state index contributed by atoms with van der Waals surface area (Å²) in [6, 6.07) is 13.4. The number of anilines is 1. The van der Waals surface area contributed by atoms with Crippen molar-refractivity contribution >= 4 is 28.7 Å². The van der Waals surface area contributed by atoms with Crippen LogP contribution in [-0.2, 0) is 11.3 Å². The molecular weight excluding hydrogens is 362 g/mol. The summed E-state index contributed by atoms with van der Waals surface area (Å²) in [6.45, 7) is 4.96. The zero-order valence-electron chi connectivity index (χ0n) is 16.0. The van der Waals surface area contributed by atoms with Gasteiger partial charge in [-0.3, -0.25) is 5.43 Å². The molecule has 0 amide bonds. The van der Waals surface area contributed by atoms with Gasteiger partial charge in [0, 0.05) is 18.4 Å². The Labute approximate surface area is 165 Å². The van der Waals surface area contributed by atoms with Crippen LogP contribution in [-0.4, -0.2) is 31.7 Å². The Balaban J connectivity index is 1.99. The number of thiocarbonyl (C=S) groups is 1. The van der Waals surface area contributed by atoms with Crippen molar-refractivity contribution in [2.75, 3.05) is 26.1 Å². The second kappa shape index (κ2) is 10.5. The summed E-state index contributed by atoms with van der Waals surface area (Å²) in [5.74, 6) is 1.61. The molecule has 0 aromatic heterocycles. The summed E-state index contributed by atoms with van der Waals surface area (Å²) < 4.78 is 16.0. The molecule has 0 fully saturated rings. The fraction of sp³-hybridized carbons (Fsp3) is 0.300. The van der Waals surface area contributed by atoms with Crippen LogP contribution < -0.4 is 20.2 Å². The highest BCUT2D eigenvalue weighted by Gasteiger charge is 2.07. The van der Waals surface area contributed by atoms with E-state index in [0.717, 1.165) is 34.0 Å². The van der Waals surface area contributed by atoms with E-state index in [2.05, 4.69) is 15.8 Å². The first-order valence-electron chi connectivity index (χ1n) is 8.57. The maximum absolute atomic E-state index is 5.42. The number of benzene rings is 2. The van der Waals surface area contributed by atoms with E-state index in [1.54, 1.807) is 14.2 Å². The van der Waals surface area contributed by atoms with E-state index >= 15 is 0 Å². The van der Waals surface area contributed by atoms with E-state index in [0.29, 0.717) is 18.3 Å². The van der Waals surface area contributed by atoms with Crippen molar-refractivity contribution in [1.29, 1.82) is 0 Å². The van der Waals surface area contributed by atoms with Gasteiger partial charge in [0.2, 0.25) is 0 Å². The van der Waals surface area contributed by atoms with Crippen LogP contribution in [0.25, 0.3) is 0 Å². The van der Waals surface area contributed by atoms with Crippen molar-refractivity contribution in [2.45, 2.75) is 20.5 Å². The van der Waals surface area contributed by atoms with Gasteiger partial charge in [-0.1, -0.05) is 0 Å². The molecule has 0 aliphatic rings. The molecule has 2 aromatic carbocycles. The van der Waals surface area contributed by atoms with Crippen LogP contribution in [0.4, 0.5) is 5.69 Å². The lowest BCUT2D eigenvalue weighted by molar-refractivity contribution is 0.181. The Morgan fingerprint density at radius 1 is 1.11 bits per heavy atom. The third-order valence-corrected chi connectivity index (χ3v) is 3.94. The quantitative estimate of drug-likeness (QED) is 0.406. The van der Waals surface area contributed by atoms with Crippen LogP contribution in [0.15, 0.2) is 47.6 Å². The van der Waals surface area contributed by atoms with Gasteiger partial charge < -0.3 is 19.5 Å². The predicted molar refractivity (Wildman–Crippen MR) is 113 cm³/mol. The summed E-state index contributed by atoms with van der Waals surface area (Å²) in [6.07, 6.45) is 0. The van der Waals surface area contributed by atoms with Gasteiger partial charge in [0.05, 0.1) is 26.0 Å². The minimum absolute atomic E-state index is 0.407. The number of nitrogens with one attached hydrogen (secondary N) is 2. The molecule has 0 radical (unpaired) electrons. The standard InChI is InChI=1S/C20H25N3O3S/c1-5-26-18-9-7-17(8-10-18)21-20(27)23-22-14(2)15-6-11-19(25-4)16(12-15)13-24-3/h6-12H,5,13H2,1-4H3,(H2,21,23,27)/b22-14-. The Hall–Kier alpha value is -2.64. The molecule has 7 heteroatoms. The second-order valence-corrected chi connectivity index (χ2v) is 6.09. The predicted octanol–water partition coefficient (Wildman–Crippen LogP) is 3.95. The maximum atomic E-state index is 5.42. The molecule has 0 heterocycles. The highest BCUT2D eigenvalue weighted by Crippen LogP contribution is 2.21. The molecule has 0 aliphatic carbocycles. The Morgan fingerprint density at radius 2 is 1.85 bits per heavy atom. The highest BCUT2D eigenvalue weighted by atomic mass is 32.1.